The third-order valence-electron chi connectivity index (χ3n) is 4.34. The van der Waals surface area contributed by atoms with Crippen LogP contribution in [0.5, 0.6) is 5.75 Å². The van der Waals surface area contributed by atoms with Gasteiger partial charge in [0.05, 0.1) is 6.61 Å². The molecule has 3 N–H and O–H groups in total. The molecular weight excluding hydrogens is 308 g/mol. The van der Waals surface area contributed by atoms with Gasteiger partial charge >= 0.3 is 0 Å². The van der Waals surface area contributed by atoms with E-state index in [0.717, 1.165) is 12.8 Å². The topological polar surface area (TPSA) is 92.9 Å². The summed E-state index contributed by atoms with van der Waals surface area (Å²) in [5.74, 6) is -0.135. The molecular formula is C18H24N2O4. The lowest BCUT2D eigenvalue weighted by molar-refractivity contribution is -0.119. The van der Waals surface area contributed by atoms with E-state index in [9.17, 15) is 14.7 Å². The minimum Gasteiger partial charge on any atom is -0.484 e. The molecule has 1 aromatic carbocycles. The number of likely N-dealkylation sites (tertiary alicyclic amines) is 1. The highest BCUT2D eigenvalue weighted by atomic mass is 16.5. The highest BCUT2D eigenvalue weighted by Crippen LogP contribution is 2.34. The predicted octanol–water partition coefficient (Wildman–Crippen LogP) is 1.34. The molecule has 0 aliphatic carbocycles. The van der Waals surface area contributed by atoms with Crippen molar-refractivity contribution in [2.45, 2.75) is 19.3 Å². The fourth-order valence-corrected chi connectivity index (χ4v) is 3.08. The maximum Gasteiger partial charge on any atom is 0.255 e. The van der Waals surface area contributed by atoms with E-state index in [1.807, 2.05) is 0 Å². The van der Waals surface area contributed by atoms with Gasteiger partial charge in [0.15, 0.2) is 6.61 Å². The minimum atomic E-state index is -0.550. The number of carbonyl (C=O) groups excluding carboxylic acids is 2. The maximum atomic E-state index is 12.7. The fraction of sp³-hybridized carbons (Fsp3) is 0.444. The number of aliphatic hydroxyl groups excluding tert-OH is 1. The van der Waals surface area contributed by atoms with Crippen molar-refractivity contribution in [1.82, 2.24) is 4.90 Å². The molecule has 0 radical (unpaired) electrons. The zero-order valence-electron chi connectivity index (χ0n) is 13.7. The number of ether oxygens (including phenoxy) is 1. The number of rotatable bonds is 7. The van der Waals surface area contributed by atoms with Crippen LogP contribution in [0.3, 0.4) is 0 Å². The summed E-state index contributed by atoms with van der Waals surface area (Å²) in [5.41, 5.74) is 5.29. The van der Waals surface area contributed by atoms with Gasteiger partial charge in [-0.15, -0.1) is 6.58 Å². The molecule has 24 heavy (non-hydrogen) atoms. The maximum absolute atomic E-state index is 12.7. The first kappa shape index (κ1) is 18.0. The van der Waals surface area contributed by atoms with Gasteiger partial charge in [-0.05, 0) is 43.5 Å². The third-order valence-corrected chi connectivity index (χ3v) is 4.34. The van der Waals surface area contributed by atoms with E-state index in [1.165, 1.54) is 0 Å². The molecule has 2 amide bonds. The van der Waals surface area contributed by atoms with Crippen LogP contribution in [0.2, 0.25) is 0 Å². The number of primary amides is 1. The Bertz CT molecular complexity index is 600. The van der Waals surface area contributed by atoms with Crippen LogP contribution in [0.15, 0.2) is 36.9 Å². The summed E-state index contributed by atoms with van der Waals surface area (Å²) in [5, 5.41) is 9.74. The second-order valence-corrected chi connectivity index (χ2v) is 6.26. The Morgan fingerprint density at radius 1 is 1.38 bits per heavy atom. The largest absolute Gasteiger partial charge is 0.484 e. The quantitative estimate of drug-likeness (QED) is 0.737. The Labute approximate surface area is 141 Å². The fourth-order valence-electron chi connectivity index (χ4n) is 3.08. The van der Waals surface area contributed by atoms with E-state index in [-0.39, 0.29) is 24.5 Å². The first-order valence-corrected chi connectivity index (χ1v) is 8.02. The summed E-state index contributed by atoms with van der Waals surface area (Å²) in [6.45, 7) is 4.80. The zero-order chi connectivity index (χ0) is 17.6. The van der Waals surface area contributed by atoms with Crippen molar-refractivity contribution in [3.8, 4) is 5.75 Å². The lowest BCUT2D eigenvalue weighted by atomic mass is 9.77. The SMILES string of the molecule is C=CC[C@]1(CO)CCCN(C(=O)c2ccc(OCC(N)=O)cc2)C1. The van der Waals surface area contributed by atoms with E-state index < -0.39 is 5.91 Å². The number of nitrogens with two attached hydrogens (primary N) is 1. The van der Waals surface area contributed by atoms with Gasteiger partial charge in [-0.3, -0.25) is 9.59 Å². The molecule has 6 nitrogen and oxygen atoms in total. The van der Waals surface area contributed by atoms with Crippen molar-refractivity contribution in [3.63, 3.8) is 0 Å². The second kappa shape index (κ2) is 7.97. The summed E-state index contributed by atoms with van der Waals surface area (Å²) in [7, 11) is 0. The summed E-state index contributed by atoms with van der Waals surface area (Å²) in [6, 6.07) is 6.62. The molecule has 0 aromatic heterocycles. The molecule has 1 fully saturated rings. The van der Waals surface area contributed by atoms with Crippen molar-refractivity contribution in [3.05, 3.63) is 42.5 Å². The van der Waals surface area contributed by atoms with Crippen molar-refractivity contribution in [1.29, 1.82) is 0 Å². The number of benzene rings is 1. The van der Waals surface area contributed by atoms with E-state index in [2.05, 4.69) is 6.58 Å². The first-order valence-electron chi connectivity index (χ1n) is 8.02. The van der Waals surface area contributed by atoms with Crippen molar-refractivity contribution in [2.75, 3.05) is 26.3 Å². The number of aliphatic hydroxyl groups is 1. The van der Waals surface area contributed by atoms with Crippen molar-refractivity contribution >= 4 is 11.8 Å². The molecule has 0 spiro atoms. The number of amides is 2. The first-order chi connectivity index (χ1) is 11.5. The third kappa shape index (κ3) is 4.35. The monoisotopic (exact) mass is 332 g/mol. The van der Waals surface area contributed by atoms with Gasteiger partial charge in [-0.1, -0.05) is 6.08 Å². The molecule has 6 heteroatoms. The number of hydrogen-bond acceptors (Lipinski definition) is 4. The highest BCUT2D eigenvalue weighted by molar-refractivity contribution is 5.94. The number of carbonyl (C=O) groups is 2. The molecule has 1 saturated heterocycles. The van der Waals surface area contributed by atoms with Crippen LogP contribution in [0.1, 0.15) is 29.6 Å². The van der Waals surface area contributed by atoms with Gasteiger partial charge < -0.3 is 20.5 Å². The highest BCUT2D eigenvalue weighted by Gasteiger charge is 2.35. The zero-order valence-corrected chi connectivity index (χ0v) is 13.7. The van der Waals surface area contributed by atoms with Crippen LogP contribution in [0.4, 0.5) is 0 Å². The van der Waals surface area contributed by atoms with Gasteiger partial charge in [0.25, 0.3) is 11.8 Å². The standard InChI is InChI=1S/C18H24N2O4/c1-2-8-18(13-21)9-3-10-20(12-18)17(23)14-4-6-15(7-5-14)24-11-16(19)22/h2,4-7,21H,1,3,8-13H2,(H2,19,22)/t18-/m0/s1. The van der Waals surface area contributed by atoms with Crippen LogP contribution in [0.25, 0.3) is 0 Å². The molecule has 0 unspecified atom stereocenters. The van der Waals surface area contributed by atoms with Gasteiger partial charge in [0.2, 0.25) is 0 Å². The smallest absolute Gasteiger partial charge is 0.255 e. The Morgan fingerprint density at radius 3 is 2.67 bits per heavy atom. The Morgan fingerprint density at radius 2 is 2.08 bits per heavy atom. The summed E-state index contributed by atoms with van der Waals surface area (Å²) >= 11 is 0. The number of allylic oxidation sites excluding steroid dienone is 1. The number of hydrogen-bond donors (Lipinski definition) is 2. The molecule has 1 heterocycles. The van der Waals surface area contributed by atoms with Crippen LogP contribution >= 0.6 is 0 Å². The molecule has 0 bridgehead atoms. The average molecular weight is 332 g/mol. The van der Waals surface area contributed by atoms with Crippen LogP contribution in [-0.4, -0.2) is 48.1 Å². The molecule has 1 aliphatic rings. The van der Waals surface area contributed by atoms with Gasteiger partial charge in [-0.25, -0.2) is 0 Å². The number of nitrogens with zero attached hydrogens (tertiary/aromatic N) is 1. The van der Waals surface area contributed by atoms with E-state index in [0.29, 0.717) is 30.8 Å². The average Bonchev–Trinajstić information content (AvgIpc) is 2.60. The lowest BCUT2D eigenvalue weighted by Gasteiger charge is -2.41. The Balaban J connectivity index is 2.05. The van der Waals surface area contributed by atoms with Gasteiger partial charge in [0, 0.05) is 24.1 Å². The molecule has 1 aromatic rings. The molecule has 130 valence electrons. The van der Waals surface area contributed by atoms with E-state index in [4.69, 9.17) is 10.5 Å². The van der Waals surface area contributed by atoms with E-state index >= 15 is 0 Å². The Kier molecular flexibility index (Phi) is 5.98. The minimum absolute atomic E-state index is 0.0443. The van der Waals surface area contributed by atoms with Crippen molar-refractivity contribution in [2.24, 2.45) is 11.1 Å². The normalized spacial score (nSPS) is 20.5. The van der Waals surface area contributed by atoms with Gasteiger partial charge in [0.1, 0.15) is 5.75 Å². The van der Waals surface area contributed by atoms with Crippen LogP contribution < -0.4 is 10.5 Å². The molecule has 2 rings (SSSR count). The van der Waals surface area contributed by atoms with Crippen LogP contribution in [0, 0.1) is 5.41 Å². The molecule has 1 atom stereocenters. The van der Waals surface area contributed by atoms with Gasteiger partial charge in [-0.2, -0.15) is 0 Å². The lowest BCUT2D eigenvalue weighted by Crippen LogP contribution is -2.47. The summed E-state index contributed by atoms with van der Waals surface area (Å²) in [6.07, 6.45) is 4.24. The summed E-state index contributed by atoms with van der Waals surface area (Å²) in [4.78, 5) is 25.2. The second-order valence-electron chi connectivity index (χ2n) is 6.26. The number of piperidine rings is 1. The van der Waals surface area contributed by atoms with E-state index in [1.54, 1.807) is 35.2 Å². The Hall–Kier alpha value is -2.34. The summed E-state index contributed by atoms with van der Waals surface area (Å²) < 4.78 is 5.19. The van der Waals surface area contributed by atoms with Crippen LogP contribution in [-0.2, 0) is 4.79 Å². The predicted molar refractivity (Wildman–Crippen MR) is 90.6 cm³/mol. The van der Waals surface area contributed by atoms with Crippen molar-refractivity contribution < 1.29 is 19.4 Å². The molecule has 1 aliphatic heterocycles. The molecule has 0 saturated carbocycles.